The Labute approximate surface area is 144 Å². The lowest BCUT2D eigenvalue weighted by atomic mass is 10.2. The van der Waals surface area contributed by atoms with Crippen molar-refractivity contribution in [2.45, 2.75) is 17.8 Å². The molecule has 0 unspecified atom stereocenters. The molecule has 4 nitrogen and oxygen atoms in total. The van der Waals surface area contributed by atoms with Crippen LogP contribution in [0.2, 0.25) is 5.02 Å². The van der Waals surface area contributed by atoms with Crippen LogP contribution in [-0.4, -0.2) is 21.1 Å². The van der Waals surface area contributed by atoms with E-state index in [1.165, 1.54) is 11.1 Å². The molecule has 2 aromatic carbocycles. The maximum absolute atomic E-state index is 6.12. The molecule has 0 saturated carbocycles. The number of benzene rings is 2. The Bertz CT molecular complexity index is 811. The molecule has 0 atom stereocenters. The highest BCUT2D eigenvalue weighted by atomic mass is 35.5. The van der Waals surface area contributed by atoms with E-state index in [-0.39, 0.29) is 0 Å². The number of halogens is 1. The Kier molecular flexibility index (Phi) is 5.10. The first-order valence-electron chi connectivity index (χ1n) is 7.09. The summed E-state index contributed by atoms with van der Waals surface area (Å²) in [7, 11) is 0. The largest absolute Gasteiger partial charge is 0.212 e. The quantitative estimate of drug-likeness (QED) is 0.509. The van der Waals surface area contributed by atoms with E-state index in [2.05, 4.69) is 46.5 Å². The predicted molar refractivity (Wildman–Crippen MR) is 95.2 cm³/mol. The molecular weight excluding hydrogens is 328 g/mol. The minimum atomic E-state index is 0.665. The van der Waals surface area contributed by atoms with E-state index >= 15 is 0 Å². The molecular formula is C17H15ClN4S. The van der Waals surface area contributed by atoms with Gasteiger partial charge in [0.1, 0.15) is 6.33 Å². The third kappa shape index (κ3) is 4.21. The standard InChI is InChI=1S/C17H15ClN4S/c1-13-6-8-14(9-7-13)11-23-17-21-19-12-22(17)20-10-15-4-2-3-5-16(15)18/h2-10,12H,11H2,1H3/b20-10+. The summed E-state index contributed by atoms with van der Waals surface area (Å²) in [6, 6.07) is 16.0. The van der Waals surface area contributed by atoms with E-state index < -0.39 is 0 Å². The van der Waals surface area contributed by atoms with Gasteiger partial charge >= 0.3 is 0 Å². The number of hydrogen-bond acceptors (Lipinski definition) is 4. The summed E-state index contributed by atoms with van der Waals surface area (Å²) in [6.45, 7) is 2.08. The molecule has 0 aliphatic rings. The van der Waals surface area contributed by atoms with Gasteiger partial charge < -0.3 is 0 Å². The van der Waals surface area contributed by atoms with Crippen LogP contribution in [-0.2, 0) is 5.75 Å². The van der Waals surface area contributed by atoms with Crippen LogP contribution in [0.4, 0.5) is 0 Å². The van der Waals surface area contributed by atoms with E-state index in [1.807, 2.05) is 24.3 Å². The van der Waals surface area contributed by atoms with Crippen molar-refractivity contribution >= 4 is 29.6 Å². The maximum atomic E-state index is 6.12. The number of rotatable bonds is 5. The van der Waals surface area contributed by atoms with Gasteiger partial charge in [0, 0.05) is 16.3 Å². The number of hydrogen-bond donors (Lipinski definition) is 0. The van der Waals surface area contributed by atoms with E-state index in [4.69, 9.17) is 11.6 Å². The summed E-state index contributed by atoms with van der Waals surface area (Å²) in [4.78, 5) is 0. The molecule has 1 heterocycles. The van der Waals surface area contributed by atoms with Crippen molar-refractivity contribution in [1.29, 1.82) is 0 Å². The zero-order chi connectivity index (χ0) is 16.1. The van der Waals surface area contributed by atoms with Gasteiger partial charge in [0.2, 0.25) is 5.16 Å². The molecule has 0 aliphatic carbocycles. The molecule has 1 aromatic heterocycles. The Balaban J connectivity index is 1.70. The maximum Gasteiger partial charge on any atom is 0.212 e. The fourth-order valence-electron chi connectivity index (χ4n) is 1.93. The minimum Gasteiger partial charge on any atom is -0.195 e. The van der Waals surface area contributed by atoms with Crippen molar-refractivity contribution < 1.29 is 0 Å². The van der Waals surface area contributed by atoms with Crippen LogP contribution in [0, 0.1) is 6.92 Å². The van der Waals surface area contributed by atoms with Crippen LogP contribution in [0.15, 0.2) is 65.1 Å². The van der Waals surface area contributed by atoms with Gasteiger partial charge in [0.15, 0.2) is 0 Å². The highest BCUT2D eigenvalue weighted by Crippen LogP contribution is 2.21. The van der Waals surface area contributed by atoms with E-state index in [0.29, 0.717) is 5.02 Å². The first kappa shape index (κ1) is 15.8. The highest BCUT2D eigenvalue weighted by molar-refractivity contribution is 7.98. The smallest absolute Gasteiger partial charge is 0.195 e. The fraction of sp³-hybridized carbons (Fsp3) is 0.118. The summed E-state index contributed by atoms with van der Waals surface area (Å²) >= 11 is 7.72. The molecule has 116 valence electrons. The van der Waals surface area contributed by atoms with Gasteiger partial charge in [-0.05, 0) is 18.6 Å². The first-order valence-corrected chi connectivity index (χ1v) is 8.46. The second-order valence-electron chi connectivity index (χ2n) is 5.00. The molecule has 3 rings (SSSR count). The molecule has 6 heteroatoms. The van der Waals surface area contributed by atoms with Gasteiger partial charge in [-0.2, -0.15) is 9.78 Å². The molecule has 0 saturated heterocycles. The third-order valence-corrected chi connectivity index (χ3v) is 4.56. The summed E-state index contributed by atoms with van der Waals surface area (Å²) in [5.74, 6) is 0.820. The molecule has 3 aromatic rings. The number of thioether (sulfide) groups is 1. The summed E-state index contributed by atoms with van der Waals surface area (Å²) in [5.41, 5.74) is 3.36. The Morgan fingerprint density at radius 2 is 1.96 bits per heavy atom. The van der Waals surface area contributed by atoms with E-state index in [9.17, 15) is 0 Å². The van der Waals surface area contributed by atoms with Crippen LogP contribution >= 0.6 is 23.4 Å². The molecule has 0 fully saturated rings. The average Bonchev–Trinajstić information content (AvgIpc) is 3.01. The molecule has 0 N–H and O–H groups in total. The monoisotopic (exact) mass is 342 g/mol. The predicted octanol–water partition coefficient (Wildman–Crippen LogP) is 4.41. The van der Waals surface area contributed by atoms with Gasteiger partial charge in [-0.3, -0.25) is 0 Å². The molecule has 0 spiro atoms. The molecule has 0 radical (unpaired) electrons. The summed E-state index contributed by atoms with van der Waals surface area (Å²) < 4.78 is 1.65. The SMILES string of the molecule is Cc1ccc(CSc2nncn2/N=C/c2ccccc2Cl)cc1. The van der Waals surface area contributed by atoms with Gasteiger partial charge in [-0.1, -0.05) is 71.4 Å². The van der Waals surface area contributed by atoms with Crippen molar-refractivity contribution in [1.82, 2.24) is 14.9 Å². The van der Waals surface area contributed by atoms with Gasteiger partial charge in [0.25, 0.3) is 0 Å². The van der Waals surface area contributed by atoms with Crippen molar-refractivity contribution in [2.24, 2.45) is 5.10 Å². The molecule has 0 amide bonds. The first-order chi connectivity index (χ1) is 11.2. The Hall–Kier alpha value is -2.11. The van der Waals surface area contributed by atoms with Crippen LogP contribution in [0.25, 0.3) is 0 Å². The lowest BCUT2D eigenvalue weighted by Gasteiger charge is -2.02. The van der Waals surface area contributed by atoms with Crippen LogP contribution in [0.3, 0.4) is 0 Å². The minimum absolute atomic E-state index is 0.665. The van der Waals surface area contributed by atoms with Crippen molar-refractivity contribution in [3.63, 3.8) is 0 Å². The second-order valence-corrected chi connectivity index (χ2v) is 6.35. The lowest BCUT2D eigenvalue weighted by molar-refractivity contribution is 0.767. The summed E-state index contributed by atoms with van der Waals surface area (Å²) in [6.07, 6.45) is 3.30. The Morgan fingerprint density at radius 1 is 1.17 bits per heavy atom. The summed E-state index contributed by atoms with van der Waals surface area (Å²) in [5, 5.41) is 13.8. The normalized spacial score (nSPS) is 11.2. The van der Waals surface area contributed by atoms with Crippen molar-refractivity contribution in [3.05, 3.63) is 76.6 Å². The van der Waals surface area contributed by atoms with Crippen molar-refractivity contribution in [3.8, 4) is 0 Å². The molecule has 23 heavy (non-hydrogen) atoms. The van der Waals surface area contributed by atoms with Gasteiger partial charge in [0.05, 0.1) is 6.21 Å². The van der Waals surface area contributed by atoms with Crippen molar-refractivity contribution in [2.75, 3.05) is 0 Å². The highest BCUT2D eigenvalue weighted by Gasteiger charge is 2.05. The topological polar surface area (TPSA) is 43.1 Å². The van der Waals surface area contributed by atoms with E-state index in [1.54, 1.807) is 29.0 Å². The van der Waals surface area contributed by atoms with Crippen LogP contribution < -0.4 is 0 Å². The molecule has 0 bridgehead atoms. The lowest BCUT2D eigenvalue weighted by Crippen LogP contribution is -1.93. The zero-order valence-corrected chi connectivity index (χ0v) is 14.1. The van der Waals surface area contributed by atoms with Gasteiger partial charge in [-0.15, -0.1) is 10.2 Å². The third-order valence-electron chi connectivity index (χ3n) is 3.22. The van der Waals surface area contributed by atoms with Crippen LogP contribution in [0.5, 0.6) is 0 Å². The van der Waals surface area contributed by atoms with E-state index in [0.717, 1.165) is 16.5 Å². The number of aryl methyl sites for hydroxylation is 1. The number of aromatic nitrogens is 3. The van der Waals surface area contributed by atoms with Crippen LogP contribution in [0.1, 0.15) is 16.7 Å². The molecule has 0 aliphatic heterocycles. The zero-order valence-electron chi connectivity index (χ0n) is 12.6. The number of nitrogens with zero attached hydrogens (tertiary/aromatic N) is 4. The van der Waals surface area contributed by atoms with Gasteiger partial charge in [-0.25, -0.2) is 0 Å². The average molecular weight is 343 g/mol. The fourth-order valence-corrected chi connectivity index (χ4v) is 2.93. The second kappa shape index (κ2) is 7.44. The Morgan fingerprint density at radius 3 is 2.74 bits per heavy atom.